The van der Waals surface area contributed by atoms with E-state index in [-0.39, 0.29) is 17.5 Å². The monoisotopic (exact) mass is 239 g/mol. The second-order valence-electron chi connectivity index (χ2n) is 6.61. The van der Waals surface area contributed by atoms with Crippen LogP contribution < -0.4 is 5.73 Å². The first kappa shape index (κ1) is 12.9. The first-order chi connectivity index (χ1) is 7.97. The van der Waals surface area contributed by atoms with E-state index < -0.39 is 0 Å². The van der Waals surface area contributed by atoms with Crippen molar-refractivity contribution < 1.29 is 9.53 Å². The number of nitrogens with two attached hydrogens (primary N) is 1. The first-order valence-corrected chi connectivity index (χ1v) is 6.89. The van der Waals surface area contributed by atoms with Gasteiger partial charge in [-0.2, -0.15) is 0 Å². The third-order valence-corrected chi connectivity index (χ3v) is 4.69. The molecule has 2 rings (SSSR count). The fourth-order valence-corrected chi connectivity index (χ4v) is 2.86. The van der Waals surface area contributed by atoms with Gasteiger partial charge in [0.2, 0.25) is 0 Å². The molecule has 2 saturated carbocycles. The third-order valence-electron chi connectivity index (χ3n) is 4.69. The molecule has 0 bridgehead atoms. The van der Waals surface area contributed by atoms with Crippen LogP contribution in [0, 0.1) is 10.8 Å². The van der Waals surface area contributed by atoms with Gasteiger partial charge in [0.05, 0.1) is 5.41 Å². The highest BCUT2D eigenvalue weighted by Crippen LogP contribution is 2.43. The van der Waals surface area contributed by atoms with Crippen molar-refractivity contribution in [3.05, 3.63) is 0 Å². The maximum atomic E-state index is 12.1. The van der Waals surface area contributed by atoms with Crippen molar-refractivity contribution in [3.8, 4) is 0 Å². The highest BCUT2D eigenvalue weighted by molar-refractivity contribution is 5.78. The van der Waals surface area contributed by atoms with Gasteiger partial charge >= 0.3 is 5.97 Å². The summed E-state index contributed by atoms with van der Waals surface area (Å²) in [6.07, 6.45) is 7.42. The van der Waals surface area contributed by atoms with Crippen LogP contribution in [0.5, 0.6) is 0 Å². The van der Waals surface area contributed by atoms with Crippen LogP contribution in [0.25, 0.3) is 0 Å². The molecular formula is C14H25NO2. The summed E-state index contributed by atoms with van der Waals surface area (Å²) in [5, 5.41) is 0. The molecule has 0 aromatic carbocycles. The average Bonchev–Trinajstić information content (AvgIpc) is 2.20. The number of carbonyl (C=O) groups excluding carboxylic acids is 1. The van der Waals surface area contributed by atoms with Crippen LogP contribution in [0.15, 0.2) is 0 Å². The highest BCUT2D eigenvalue weighted by atomic mass is 16.5. The minimum Gasteiger partial charge on any atom is -0.462 e. The minimum absolute atomic E-state index is 0.0315. The maximum Gasteiger partial charge on any atom is 0.313 e. The lowest BCUT2D eigenvalue weighted by Crippen LogP contribution is -2.47. The van der Waals surface area contributed by atoms with Crippen LogP contribution in [-0.4, -0.2) is 18.6 Å². The van der Waals surface area contributed by atoms with E-state index in [1.165, 1.54) is 0 Å². The molecule has 98 valence electrons. The molecule has 0 aromatic heterocycles. The Morgan fingerprint density at radius 3 is 2.24 bits per heavy atom. The van der Waals surface area contributed by atoms with E-state index in [0.29, 0.717) is 12.0 Å². The Bertz CT molecular complexity index is 279. The molecule has 3 heteroatoms. The van der Waals surface area contributed by atoms with Crippen LogP contribution in [0.2, 0.25) is 0 Å². The molecule has 0 aromatic rings. The quantitative estimate of drug-likeness (QED) is 0.770. The fraction of sp³-hybridized carbons (Fsp3) is 0.929. The van der Waals surface area contributed by atoms with Crippen molar-refractivity contribution in [2.24, 2.45) is 16.6 Å². The summed E-state index contributed by atoms with van der Waals surface area (Å²) in [5.74, 6) is -0.0315. The smallest absolute Gasteiger partial charge is 0.313 e. The Hall–Kier alpha value is -0.570. The number of esters is 1. The van der Waals surface area contributed by atoms with Gasteiger partial charge in [-0.15, -0.1) is 0 Å². The number of carbonyl (C=O) groups is 1. The van der Waals surface area contributed by atoms with E-state index in [2.05, 4.69) is 13.8 Å². The van der Waals surface area contributed by atoms with Crippen LogP contribution in [0.3, 0.4) is 0 Å². The molecule has 2 fully saturated rings. The summed E-state index contributed by atoms with van der Waals surface area (Å²) in [4.78, 5) is 12.1. The molecular weight excluding hydrogens is 214 g/mol. The van der Waals surface area contributed by atoms with Crippen molar-refractivity contribution in [2.45, 2.75) is 64.9 Å². The minimum atomic E-state index is -0.326. The number of hydrogen-bond donors (Lipinski definition) is 1. The first-order valence-electron chi connectivity index (χ1n) is 6.89. The number of hydrogen-bond acceptors (Lipinski definition) is 3. The summed E-state index contributed by atoms with van der Waals surface area (Å²) in [5.41, 5.74) is 5.81. The van der Waals surface area contributed by atoms with E-state index in [9.17, 15) is 4.79 Å². The van der Waals surface area contributed by atoms with Gasteiger partial charge in [-0.05, 0) is 43.9 Å². The molecule has 0 aliphatic heterocycles. The Labute approximate surface area is 104 Å². The van der Waals surface area contributed by atoms with Crippen molar-refractivity contribution in [1.82, 2.24) is 0 Å². The molecule has 2 aliphatic carbocycles. The highest BCUT2D eigenvalue weighted by Gasteiger charge is 2.45. The van der Waals surface area contributed by atoms with Crippen LogP contribution in [0.4, 0.5) is 0 Å². The predicted octanol–water partition coefficient (Wildman–Crippen LogP) is 2.63. The van der Waals surface area contributed by atoms with Gasteiger partial charge in [0.1, 0.15) is 6.10 Å². The SMILES string of the molecule is CC1(C)CCC(OC(=O)C2(CN)CCC2)CC1. The van der Waals surface area contributed by atoms with Gasteiger partial charge in [-0.1, -0.05) is 20.3 Å². The Balaban J connectivity index is 1.84. The molecule has 0 unspecified atom stereocenters. The van der Waals surface area contributed by atoms with Crippen molar-refractivity contribution >= 4 is 5.97 Å². The second kappa shape index (κ2) is 4.60. The Morgan fingerprint density at radius 1 is 1.24 bits per heavy atom. The van der Waals surface area contributed by atoms with Gasteiger partial charge in [0.15, 0.2) is 0 Å². The average molecular weight is 239 g/mol. The molecule has 3 nitrogen and oxygen atoms in total. The summed E-state index contributed by atoms with van der Waals surface area (Å²) in [6.45, 7) is 5.03. The lowest BCUT2D eigenvalue weighted by atomic mass is 9.69. The van der Waals surface area contributed by atoms with Gasteiger partial charge < -0.3 is 10.5 Å². The lowest BCUT2D eigenvalue weighted by molar-refractivity contribution is -0.169. The van der Waals surface area contributed by atoms with Gasteiger partial charge in [-0.3, -0.25) is 4.79 Å². The largest absolute Gasteiger partial charge is 0.462 e. The van der Waals surface area contributed by atoms with Gasteiger partial charge in [0.25, 0.3) is 0 Å². The third kappa shape index (κ3) is 2.65. The fourth-order valence-electron chi connectivity index (χ4n) is 2.86. The molecule has 17 heavy (non-hydrogen) atoms. The number of rotatable bonds is 3. The predicted molar refractivity (Wildman–Crippen MR) is 67.5 cm³/mol. The second-order valence-corrected chi connectivity index (χ2v) is 6.61. The van der Waals surface area contributed by atoms with Gasteiger partial charge in [0, 0.05) is 6.54 Å². The van der Waals surface area contributed by atoms with E-state index in [1.807, 2.05) is 0 Å². The van der Waals surface area contributed by atoms with E-state index in [4.69, 9.17) is 10.5 Å². The molecule has 2 N–H and O–H groups in total. The molecule has 0 spiro atoms. The molecule has 0 radical (unpaired) electrons. The van der Waals surface area contributed by atoms with Crippen LogP contribution in [0.1, 0.15) is 58.8 Å². The Kier molecular flexibility index (Phi) is 3.48. The lowest BCUT2D eigenvalue weighted by Gasteiger charge is -2.40. The van der Waals surface area contributed by atoms with Gasteiger partial charge in [-0.25, -0.2) is 0 Å². The van der Waals surface area contributed by atoms with E-state index >= 15 is 0 Å². The molecule has 0 saturated heterocycles. The summed E-state index contributed by atoms with van der Waals surface area (Å²) in [7, 11) is 0. The van der Waals surface area contributed by atoms with Crippen LogP contribution in [-0.2, 0) is 9.53 Å². The van der Waals surface area contributed by atoms with Crippen molar-refractivity contribution in [2.75, 3.05) is 6.54 Å². The maximum absolute atomic E-state index is 12.1. The van der Waals surface area contributed by atoms with E-state index in [0.717, 1.165) is 44.9 Å². The van der Waals surface area contributed by atoms with Crippen LogP contribution >= 0.6 is 0 Å². The number of ether oxygens (including phenoxy) is 1. The molecule has 0 heterocycles. The zero-order valence-electron chi connectivity index (χ0n) is 11.1. The van der Waals surface area contributed by atoms with E-state index in [1.54, 1.807) is 0 Å². The van der Waals surface area contributed by atoms with Crippen molar-refractivity contribution in [3.63, 3.8) is 0 Å². The Morgan fingerprint density at radius 2 is 1.82 bits per heavy atom. The van der Waals surface area contributed by atoms with Crippen molar-refractivity contribution in [1.29, 1.82) is 0 Å². The normalized spacial score (nSPS) is 27.2. The topological polar surface area (TPSA) is 52.3 Å². The molecule has 2 aliphatic rings. The summed E-state index contributed by atoms with van der Waals surface area (Å²) < 4.78 is 5.66. The zero-order valence-corrected chi connectivity index (χ0v) is 11.1. The summed E-state index contributed by atoms with van der Waals surface area (Å²) in [6, 6.07) is 0. The molecule has 0 atom stereocenters. The zero-order chi connectivity index (χ0) is 12.5. The summed E-state index contributed by atoms with van der Waals surface area (Å²) >= 11 is 0. The standard InChI is InChI=1S/C14H25NO2/c1-13(2)8-4-11(5-9-13)17-12(16)14(10-15)6-3-7-14/h11H,3-10,15H2,1-2H3. The molecule has 0 amide bonds.